The molecular weight excluding hydrogens is 480 g/mol. The van der Waals surface area contributed by atoms with E-state index in [1.54, 1.807) is 30.3 Å². The molecule has 0 saturated carbocycles. The van der Waals surface area contributed by atoms with E-state index in [0.29, 0.717) is 0 Å². The lowest BCUT2D eigenvalue weighted by Crippen LogP contribution is -1.92. The van der Waals surface area contributed by atoms with Crippen molar-refractivity contribution in [2.24, 2.45) is 0 Å². The second-order valence-electron chi connectivity index (χ2n) is 8.87. The molecule has 0 amide bonds. The summed E-state index contributed by atoms with van der Waals surface area (Å²) in [7, 11) is 0. The van der Waals surface area contributed by atoms with Gasteiger partial charge < -0.3 is 0 Å². The van der Waals surface area contributed by atoms with E-state index in [9.17, 15) is 8.22 Å². The molecule has 8 rings (SSSR count). The standard InChI is InChI=1S/C40H26/c1-2-14-29(15-3-1)39-35-20-8-9-21-36(35)40(34-23-11-17-28-13-5-7-19-32(28)34)38-26-30(24-25-37(38)39)33-22-10-16-27-12-4-6-18-31(27)33/h1-26H/i4D,5D,6D,7D,8D,9D,10D,11D,12D,13D,16D,17D,18D,19D,20D,21D,22D,23D,24D,25D,26D. The molecule has 0 saturated heterocycles. The lowest BCUT2D eigenvalue weighted by molar-refractivity contribution is 1.65. The summed E-state index contributed by atoms with van der Waals surface area (Å²) in [6.45, 7) is 0. The van der Waals surface area contributed by atoms with Crippen LogP contribution in [-0.4, -0.2) is 0 Å². The summed E-state index contributed by atoms with van der Waals surface area (Å²) in [4.78, 5) is 0. The van der Waals surface area contributed by atoms with Crippen molar-refractivity contribution in [2.45, 2.75) is 0 Å². The molecule has 8 aromatic carbocycles. The number of hydrogen-bond acceptors (Lipinski definition) is 0. The van der Waals surface area contributed by atoms with E-state index in [4.69, 9.17) is 20.6 Å². The van der Waals surface area contributed by atoms with Gasteiger partial charge in [0.15, 0.2) is 0 Å². The molecule has 0 heterocycles. The third-order valence-corrected chi connectivity index (χ3v) is 6.69. The zero-order valence-electron chi connectivity index (χ0n) is 41.4. The van der Waals surface area contributed by atoms with Gasteiger partial charge in [-0.25, -0.2) is 0 Å². The molecule has 40 heavy (non-hydrogen) atoms. The van der Waals surface area contributed by atoms with Crippen LogP contribution in [0.25, 0.3) is 76.5 Å². The molecule has 0 aliphatic heterocycles. The van der Waals surface area contributed by atoms with Crippen LogP contribution in [0.1, 0.15) is 28.8 Å². The van der Waals surface area contributed by atoms with Crippen LogP contribution in [0.3, 0.4) is 0 Å². The Morgan fingerprint density at radius 2 is 0.875 bits per heavy atom. The fourth-order valence-corrected chi connectivity index (χ4v) is 4.99. The van der Waals surface area contributed by atoms with Crippen LogP contribution in [0.4, 0.5) is 0 Å². The Labute approximate surface area is 263 Å². The Balaban J connectivity index is 1.82. The monoisotopic (exact) mass is 527 g/mol. The maximum atomic E-state index is 10.0. The van der Waals surface area contributed by atoms with Crippen molar-refractivity contribution in [3.63, 3.8) is 0 Å². The van der Waals surface area contributed by atoms with Crippen molar-refractivity contribution >= 4 is 43.1 Å². The maximum absolute atomic E-state index is 10.0. The molecule has 0 aliphatic carbocycles. The zero-order valence-corrected chi connectivity index (χ0v) is 20.4. The van der Waals surface area contributed by atoms with E-state index in [1.807, 2.05) is 0 Å². The van der Waals surface area contributed by atoms with Crippen molar-refractivity contribution in [1.29, 1.82) is 0 Å². The van der Waals surface area contributed by atoms with Gasteiger partial charge in [-0.05, 0) is 82.5 Å². The molecule has 0 N–H and O–H groups in total. The average Bonchev–Trinajstić information content (AvgIpc) is 3.24. The molecule has 0 spiro atoms. The Morgan fingerprint density at radius 1 is 0.350 bits per heavy atom. The quantitative estimate of drug-likeness (QED) is 0.200. The number of rotatable bonds is 3. The first-order valence-corrected chi connectivity index (χ1v) is 12.2. The van der Waals surface area contributed by atoms with Crippen LogP contribution in [-0.2, 0) is 0 Å². The van der Waals surface area contributed by atoms with Crippen LogP contribution in [0.15, 0.2) is 157 Å². The van der Waals surface area contributed by atoms with Crippen molar-refractivity contribution in [1.82, 2.24) is 0 Å². The second-order valence-corrected chi connectivity index (χ2v) is 8.87. The van der Waals surface area contributed by atoms with Gasteiger partial charge in [0.05, 0.1) is 28.8 Å². The van der Waals surface area contributed by atoms with Crippen LogP contribution >= 0.6 is 0 Å². The molecule has 8 aromatic rings. The van der Waals surface area contributed by atoms with Gasteiger partial charge in [-0.1, -0.05) is 151 Å². The van der Waals surface area contributed by atoms with Crippen molar-refractivity contribution in [3.8, 4) is 33.4 Å². The van der Waals surface area contributed by atoms with Crippen molar-refractivity contribution in [2.75, 3.05) is 0 Å². The van der Waals surface area contributed by atoms with Gasteiger partial charge in [0.2, 0.25) is 0 Å². The highest BCUT2D eigenvalue weighted by Gasteiger charge is 2.19. The Hall–Kier alpha value is -5.20. The Bertz CT molecular complexity index is 3340. The van der Waals surface area contributed by atoms with E-state index in [2.05, 4.69) is 0 Å². The molecule has 0 radical (unpaired) electrons. The first kappa shape index (κ1) is 10.1. The fourth-order valence-electron chi connectivity index (χ4n) is 4.99. The Kier molecular flexibility index (Phi) is 2.32. The molecule has 186 valence electrons. The Morgan fingerprint density at radius 3 is 1.57 bits per heavy atom. The zero-order chi connectivity index (χ0) is 44.7. The summed E-state index contributed by atoms with van der Waals surface area (Å²) in [5.74, 6) is 0. The van der Waals surface area contributed by atoms with Gasteiger partial charge in [-0.3, -0.25) is 0 Å². The van der Waals surface area contributed by atoms with E-state index in [-0.39, 0.29) is 21.9 Å². The average molecular weight is 528 g/mol. The van der Waals surface area contributed by atoms with Crippen LogP contribution in [0.2, 0.25) is 0 Å². The van der Waals surface area contributed by atoms with E-state index in [1.165, 1.54) is 0 Å². The minimum absolute atomic E-state index is 0.0959. The highest BCUT2D eigenvalue weighted by molar-refractivity contribution is 6.24. The van der Waals surface area contributed by atoms with E-state index < -0.39 is 181 Å². The van der Waals surface area contributed by atoms with Crippen molar-refractivity contribution < 1.29 is 28.8 Å². The lowest BCUT2D eigenvalue weighted by Gasteiger charge is -2.20. The molecule has 0 heteroatoms. The van der Waals surface area contributed by atoms with Crippen LogP contribution in [0.5, 0.6) is 0 Å². The summed E-state index contributed by atoms with van der Waals surface area (Å²) in [5.41, 5.74) is -2.27. The predicted octanol–water partition coefficient (Wildman–Crippen LogP) is 11.3. The SMILES string of the molecule is [2H]c1c([2H])c([2H])c2c(-c3c([2H])c([2H])c4c(-c5ccccc5)c5c([2H])c([2H])c([2H])c([2H])c5c(-c5c([2H])c([2H])c([2H])c6c([2H])c([2H])c([2H])c([2H])c56)c4c3[2H])c([2H])c([2H])c([2H])c2c1[2H]. The minimum atomic E-state index is -0.864. The largest absolute Gasteiger partial charge is 0.0636 e. The minimum Gasteiger partial charge on any atom is -0.0622 e. The van der Waals surface area contributed by atoms with Crippen molar-refractivity contribution in [3.05, 3.63) is 157 Å². The molecule has 0 unspecified atom stereocenters. The normalized spacial score (nSPS) is 18.9. The van der Waals surface area contributed by atoms with Gasteiger partial charge >= 0.3 is 0 Å². The summed E-state index contributed by atoms with van der Waals surface area (Å²) in [6.07, 6.45) is 0. The van der Waals surface area contributed by atoms with E-state index in [0.717, 1.165) is 0 Å². The summed E-state index contributed by atoms with van der Waals surface area (Å²) >= 11 is 0. The summed E-state index contributed by atoms with van der Waals surface area (Å²) in [6, 6.07) is -8.80. The van der Waals surface area contributed by atoms with E-state index >= 15 is 0 Å². The topological polar surface area (TPSA) is 0 Å². The molecule has 0 aromatic heterocycles. The third-order valence-electron chi connectivity index (χ3n) is 6.69. The van der Waals surface area contributed by atoms with Gasteiger partial charge in [0, 0.05) is 0 Å². The molecule has 0 atom stereocenters. The van der Waals surface area contributed by atoms with Crippen LogP contribution < -0.4 is 0 Å². The van der Waals surface area contributed by atoms with Crippen LogP contribution in [0, 0.1) is 0 Å². The smallest absolute Gasteiger partial charge is 0.0622 e. The third kappa shape index (κ3) is 3.54. The molecular formula is C40H26. The maximum Gasteiger partial charge on any atom is 0.0636 e. The first-order valence-electron chi connectivity index (χ1n) is 22.7. The number of fused-ring (bicyclic) bond motifs is 4. The molecule has 0 fully saturated rings. The molecule has 0 aliphatic rings. The van der Waals surface area contributed by atoms with Gasteiger partial charge in [-0.2, -0.15) is 0 Å². The van der Waals surface area contributed by atoms with Gasteiger partial charge in [-0.15, -0.1) is 0 Å². The molecule has 0 nitrogen and oxygen atoms in total. The summed E-state index contributed by atoms with van der Waals surface area (Å²) in [5, 5.41) is -3.67. The number of hydrogen-bond donors (Lipinski definition) is 0. The fraction of sp³-hybridized carbons (Fsp3) is 0. The summed E-state index contributed by atoms with van der Waals surface area (Å²) < 4.78 is 188. The predicted molar refractivity (Wildman–Crippen MR) is 173 cm³/mol. The highest BCUT2D eigenvalue weighted by Crippen LogP contribution is 2.46. The molecule has 0 bridgehead atoms. The van der Waals surface area contributed by atoms with Gasteiger partial charge in [0.25, 0.3) is 0 Å². The van der Waals surface area contributed by atoms with Gasteiger partial charge in [0.1, 0.15) is 0 Å². The lowest BCUT2D eigenvalue weighted by atomic mass is 9.83. The number of benzene rings is 8. The first-order chi connectivity index (χ1) is 28.6. The second kappa shape index (κ2) is 9.22. The highest BCUT2D eigenvalue weighted by atomic mass is 14.2.